The van der Waals surface area contributed by atoms with Crippen molar-refractivity contribution in [3.63, 3.8) is 0 Å². The van der Waals surface area contributed by atoms with Gasteiger partial charge in [-0.05, 0) is 42.9 Å². The number of rotatable bonds is 11. The molecule has 2 unspecified atom stereocenters. The Labute approximate surface area is 177 Å². The van der Waals surface area contributed by atoms with Gasteiger partial charge in [-0.3, -0.25) is 14.4 Å². The average Bonchev–Trinajstić information content (AvgIpc) is 2.68. The summed E-state index contributed by atoms with van der Waals surface area (Å²) in [6.45, 7) is 7.27. The molecule has 0 aromatic heterocycles. The topological polar surface area (TPSA) is 142 Å². The number of nitrogens with two attached hydrogens (primary N) is 1. The molecule has 2 atom stereocenters. The maximum absolute atomic E-state index is 12.8. The summed E-state index contributed by atoms with van der Waals surface area (Å²) < 4.78 is 0. The Kier molecular flexibility index (Phi) is 10.4. The van der Waals surface area contributed by atoms with E-state index in [0.29, 0.717) is 12.1 Å². The van der Waals surface area contributed by atoms with Crippen LogP contribution in [0.25, 0.3) is 0 Å². The quantitative estimate of drug-likeness (QED) is 0.344. The molecule has 9 nitrogen and oxygen atoms in total. The zero-order valence-corrected chi connectivity index (χ0v) is 18.1. The summed E-state index contributed by atoms with van der Waals surface area (Å²) >= 11 is 0. The highest BCUT2D eigenvalue weighted by molar-refractivity contribution is 5.98. The molecule has 0 spiro atoms. The van der Waals surface area contributed by atoms with E-state index in [9.17, 15) is 19.2 Å². The molecule has 0 heterocycles. The van der Waals surface area contributed by atoms with Gasteiger partial charge in [0.2, 0.25) is 17.7 Å². The van der Waals surface area contributed by atoms with E-state index in [4.69, 9.17) is 5.73 Å². The molecule has 0 fully saturated rings. The van der Waals surface area contributed by atoms with Crippen LogP contribution in [0.4, 0.5) is 10.5 Å². The monoisotopic (exact) mass is 419 g/mol. The van der Waals surface area contributed by atoms with E-state index in [1.165, 1.54) is 6.92 Å². The number of carbonyl (C=O) groups excluding carboxylic acids is 4. The number of anilines is 1. The van der Waals surface area contributed by atoms with E-state index in [0.717, 1.165) is 12.0 Å². The largest absolute Gasteiger partial charge is 0.352 e. The van der Waals surface area contributed by atoms with Crippen molar-refractivity contribution in [2.45, 2.75) is 59.0 Å². The molecule has 9 heteroatoms. The van der Waals surface area contributed by atoms with E-state index in [2.05, 4.69) is 21.3 Å². The number of carbonyl (C=O) groups is 4. The van der Waals surface area contributed by atoms with Gasteiger partial charge in [-0.2, -0.15) is 0 Å². The van der Waals surface area contributed by atoms with E-state index < -0.39 is 24.0 Å². The summed E-state index contributed by atoms with van der Waals surface area (Å²) in [4.78, 5) is 47.8. The molecule has 0 radical (unpaired) electrons. The predicted molar refractivity (Wildman–Crippen MR) is 116 cm³/mol. The van der Waals surface area contributed by atoms with Crippen LogP contribution >= 0.6 is 0 Å². The number of primary amides is 1. The lowest BCUT2D eigenvalue weighted by Crippen LogP contribution is -2.54. The van der Waals surface area contributed by atoms with Crippen LogP contribution in [0.5, 0.6) is 0 Å². The summed E-state index contributed by atoms with van der Waals surface area (Å²) in [6.07, 6.45) is 1.61. The van der Waals surface area contributed by atoms with Crippen LogP contribution in [0.3, 0.4) is 0 Å². The van der Waals surface area contributed by atoms with Gasteiger partial charge >= 0.3 is 6.03 Å². The molecule has 0 aliphatic rings. The number of hydrogen-bond donors (Lipinski definition) is 5. The summed E-state index contributed by atoms with van der Waals surface area (Å²) in [7, 11) is 0. The molecule has 5 amide bonds. The standard InChI is InChI=1S/C21H33N5O4/c1-5-15-8-10-16(11-9-15)25-19(28)17(7-6-12-23-21(22)30)26-20(29)18(13(2)3)24-14(4)27/h8-11,13,17-18H,5-7,12H2,1-4H3,(H,24,27)(H,25,28)(H,26,29)(H3,22,23,30). The van der Waals surface area contributed by atoms with Crippen LogP contribution in [-0.4, -0.2) is 42.4 Å². The van der Waals surface area contributed by atoms with Crippen molar-refractivity contribution in [1.82, 2.24) is 16.0 Å². The fourth-order valence-electron chi connectivity index (χ4n) is 2.86. The summed E-state index contributed by atoms with van der Waals surface area (Å²) in [6, 6.07) is 5.20. The van der Waals surface area contributed by atoms with Crippen molar-refractivity contribution < 1.29 is 19.2 Å². The number of nitrogens with one attached hydrogen (secondary N) is 4. The van der Waals surface area contributed by atoms with Crippen LogP contribution in [-0.2, 0) is 20.8 Å². The normalized spacial score (nSPS) is 12.6. The van der Waals surface area contributed by atoms with Crippen LogP contribution in [0.15, 0.2) is 24.3 Å². The number of benzene rings is 1. The van der Waals surface area contributed by atoms with Crippen molar-refractivity contribution in [2.75, 3.05) is 11.9 Å². The lowest BCUT2D eigenvalue weighted by molar-refractivity contribution is -0.131. The molecular formula is C21H33N5O4. The van der Waals surface area contributed by atoms with Crippen molar-refractivity contribution in [3.05, 3.63) is 29.8 Å². The minimum absolute atomic E-state index is 0.157. The van der Waals surface area contributed by atoms with Gasteiger partial charge in [0.25, 0.3) is 0 Å². The zero-order valence-electron chi connectivity index (χ0n) is 18.1. The fraction of sp³-hybridized carbons (Fsp3) is 0.524. The molecule has 0 saturated heterocycles. The first-order valence-electron chi connectivity index (χ1n) is 10.1. The van der Waals surface area contributed by atoms with Crippen molar-refractivity contribution >= 4 is 29.4 Å². The number of aryl methyl sites for hydroxylation is 1. The Morgan fingerprint density at radius 3 is 2.13 bits per heavy atom. The molecule has 0 bridgehead atoms. The highest BCUT2D eigenvalue weighted by Crippen LogP contribution is 2.12. The first-order chi connectivity index (χ1) is 14.1. The molecule has 0 aliphatic carbocycles. The van der Waals surface area contributed by atoms with Gasteiger partial charge in [0.15, 0.2) is 0 Å². The minimum Gasteiger partial charge on any atom is -0.352 e. The highest BCUT2D eigenvalue weighted by atomic mass is 16.2. The Morgan fingerprint density at radius 2 is 1.63 bits per heavy atom. The van der Waals surface area contributed by atoms with Gasteiger partial charge in [-0.25, -0.2) is 4.79 Å². The number of hydrogen-bond acceptors (Lipinski definition) is 4. The predicted octanol–water partition coefficient (Wildman–Crippen LogP) is 1.28. The second-order valence-electron chi connectivity index (χ2n) is 7.46. The third-order valence-electron chi connectivity index (χ3n) is 4.54. The first-order valence-corrected chi connectivity index (χ1v) is 10.1. The Balaban J connectivity index is 2.87. The van der Waals surface area contributed by atoms with E-state index in [1.54, 1.807) is 26.0 Å². The lowest BCUT2D eigenvalue weighted by Gasteiger charge is -2.25. The van der Waals surface area contributed by atoms with Crippen LogP contribution < -0.4 is 27.0 Å². The maximum atomic E-state index is 12.8. The molecule has 30 heavy (non-hydrogen) atoms. The van der Waals surface area contributed by atoms with Gasteiger partial charge < -0.3 is 27.0 Å². The second-order valence-corrected chi connectivity index (χ2v) is 7.46. The molecule has 1 rings (SSSR count). The van der Waals surface area contributed by atoms with Crippen LogP contribution in [0.1, 0.15) is 46.1 Å². The molecular weight excluding hydrogens is 386 g/mol. The Bertz CT molecular complexity index is 733. The molecule has 6 N–H and O–H groups in total. The third-order valence-corrected chi connectivity index (χ3v) is 4.54. The first kappa shape index (κ1) is 24.9. The summed E-state index contributed by atoms with van der Waals surface area (Å²) in [5.74, 6) is -1.30. The average molecular weight is 420 g/mol. The smallest absolute Gasteiger partial charge is 0.312 e. The molecule has 166 valence electrons. The van der Waals surface area contributed by atoms with Crippen LogP contribution in [0.2, 0.25) is 0 Å². The number of urea groups is 1. The Morgan fingerprint density at radius 1 is 1.00 bits per heavy atom. The lowest BCUT2D eigenvalue weighted by atomic mass is 10.0. The fourth-order valence-corrected chi connectivity index (χ4v) is 2.86. The second kappa shape index (κ2) is 12.5. The molecule has 1 aromatic rings. The van der Waals surface area contributed by atoms with E-state index in [-0.39, 0.29) is 30.7 Å². The molecule has 0 aliphatic heterocycles. The van der Waals surface area contributed by atoms with Crippen molar-refractivity contribution in [3.8, 4) is 0 Å². The van der Waals surface area contributed by atoms with Gasteiger partial charge in [-0.1, -0.05) is 32.9 Å². The van der Waals surface area contributed by atoms with Crippen molar-refractivity contribution in [1.29, 1.82) is 0 Å². The minimum atomic E-state index is -0.840. The van der Waals surface area contributed by atoms with E-state index >= 15 is 0 Å². The van der Waals surface area contributed by atoms with Gasteiger partial charge in [-0.15, -0.1) is 0 Å². The summed E-state index contributed by atoms with van der Waals surface area (Å²) in [5, 5.41) is 10.6. The molecule has 1 aromatic carbocycles. The van der Waals surface area contributed by atoms with E-state index in [1.807, 2.05) is 19.1 Å². The van der Waals surface area contributed by atoms with Gasteiger partial charge in [0.1, 0.15) is 12.1 Å². The van der Waals surface area contributed by atoms with Crippen LogP contribution in [0, 0.1) is 5.92 Å². The Hall–Kier alpha value is -3.10. The SMILES string of the molecule is CCc1ccc(NC(=O)C(CCCNC(N)=O)NC(=O)C(NC(C)=O)C(C)C)cc1. The van der Waals surface area contributed by atoms with Crippen molar-refractivity contribution in [2.24, 2.45) is 11.7 Å². The molecule has 0 saturated carbocycles. The highest BCUT2D eigenvalue weighted by Gasteiger charge is 2.28. The van der Waals surface area contributed by atoms with Gasteiger partial charge in [0, 0.05) is 19.2 Å². The maximum Gasteiger partial charge on any atom is 0.312 e. The van der Waals surface area contributed by atoms with Gasteiger partial charge in [0.05, 0.1) is 0 Å². The zero-order chi connectivity index (χ0) is 22.7. The third kappa shape index (κ3) is 8.93. The number of amides is 5. The summed E-state index contributed by atoms with van der Waals surface area (Å²) in [5.41, 5.74) is 6.82.